The minimum Gasteiger partial charge on any atom is -0.345 e. The molecular formula is C32H28N2. The van der Waals surface area contributed by atoms with E-state index in [-0.39, 0.29) is 0 Å². The fraction of sp³-hybridized carbons (Fsp3) is 0.0625. The van der Waals surface area contributed by atoms with Crippen molar-refractivity contribution in [2.45, 2.75) is 6.92 Å². The molecule has 0 heterocycles. The van der Waals surface area contributed by atoms with Gasteiger partial charge in [0.2, 0.25) is 0 Å². The highest BCUT2D eigenvalue weighted by atomic mass is 15.1. The van der Waals surface area contributed by atoms with Crippen LogP contribution in [0.15, 0.2) is 133 Å². The van der Waals surface area contributed by atoms with Gasteiger partial charge in [0.1, 0.15) is 0 Å². The van der Waals surface area contributed by atoms with Gasteiger partial charge in [-0.2, -0.15) is 0 Å². The van der Waals surface area contributed by atoms with Gasteiger partial charge < -0.3 is 9.80 Å². The zero-order valence-corrected chi connectivity index (χ0v) is 19.6. The van der Waals surface area contributed by atoms with Crippen molar-refractivity contribution >= 4 is 28.4 Å². The SMILES string of the molecule is Cc1ccc(N(c2ccccc2)c2cccc(-c3cccc(N(C)c4ccccc4)c3)c2)cc1. The molecule has 5 rings (SSSR count). The fourth-order valence-electron chi connectivity index (χ4n) is 4.24. The van der Waals surface area contributed by atoms with Crippen molar-refractivity contribution in [1.29, 1.82) is 0 Å². The smallest absolute Gasteiger partial charge is 0.0467 e. The van der Waals surface area contributed by atoms with Crippen LogP contribution in [0.5, 0.6) is 0 Å². The summed E-state index contributed by atoms with van der Waals surface area (Å²) in [5, 5.41) is 0. The number of para-hydroxylation sites is 2. The van der Waals surface area contributed by atoms with Crippen LogP contribution in [0.2, 0.25) is 0 Å². The second-order valence-corrected chi connectivity index (χ2v) is 8.50. The number of benzene rings is 5. The van der Waals surface area contributed by atoms with Crippen LogP contribution in [0.1, 0.15) is 5.56 Å². The van der Waals surface area contributed by atoms with E-state index >= 15 is 0 Å². The van der Waals surface area contributed by atoms with Crippen molar-refractivity contribution in [2.75, 3.05) is 16.8 Å². The van der Waals surface area contributed by atoms with E-state index in [2.05, 4.69) is 151 Å². The van der Waals surface area contributed by atoms with Gasteiger partial charge in [0.15, 0.2) is 0 Å². The topological polar surface area (TPSA) is 6.48 Å². The summed E-state index contributed by atoms with van der Waals surface area (Å²) in [6.07, 6.45) is 0. The number of nitrogens with zero attached hydrogens (tertiary/aromatic N) is 2. The first-order chi connectivity index (χ1) is 16.7. The summed E-state index contributed by atoms with van der Waals surface area (Å²) in [6, 6.07) is 47.2. The van der Waals surface area contributed by atoms with E-state index in [9.17, 15) is 0 Å². The third kappa shape index (κ3) is 4.57. The third-order valence-corrected chi connectivity index (χ3v) is 6.12. The summed E-state index contributed by atoms with van der Waals surface area (Å²) in [4.78, 5) is 4.53. The van der Waals surface area contributed by atoms with E-state index in [4.69, 9.17) is 0 Å². The first-order valence-electron chi connectivity index (χ1n) is 11.6. The Hall–Kier alpha value is -4.30. The maximum Gasteiger partial charge on any atom is 0.0467 e. The molecule has 0 bridgehead atoms. The molecule has 0 aliphatic heterocycles. The first-order valence-corrected chi connectivity index (χ1v) is 11.6. The van der Waals surface area contributed by atoms with Crippen molar-refractivity contribution in [3.05, 3.63) is 139 Å². The molecule has 2 heteroatoms. The molecule has 34 heavy (non-hydrogen) atoms. The van der Waals surface area contributed by atoms with Crippen LogP contribution >= 0.6 is 0 Å². The Bertz CT molecular complexity index is 1360. The Balaban J connectivity index is 1.54. The lowest BCUT2D eigenvalue weighted by molar-refractivity contribution is 1.21. The molecule has 5 aromatic rings. The standard InChI is InChI=1S/C32H28N2/c1-25-19-21-30(22-20-25)34(29-15-7-4-8-16-29)32-18-10-12-27(24-32)26-11-9-17-31(23-26)33(2)28-13-5-3-6-14-28/h3-24H,1-2H3. The van der Waals surface area contributed by atoms with E-state index in [1.807, 2.05) is 6.07 Å². The molecule has 0 saturated carbocycles. The molecule has 0 atom stereocenters. The lowest BCUT2D eigenvalue weighted by Gasteiger charge is -2.26. The number of aryl methyl sites for hydroxylation is 1. The lowest BCUT2D eigenvalue weighted by Crippen LogP contribution is -2.10. The quantitative estimate of drug-likeness (QED) is 0.260. The van der Waals surface area contributed by atoms with Crippen molar-refractivity contribution in [1.82, 2.24) is 0 Å². The van der Waals surface area contributed by atoms with Crippen molar-refractivity contribution in [3.63, 3.8) is 0 Å². The van der Waals surface area contributed by atoms with Gasteiger partial charge in [-0.25, -0.2) is 0 Å². The van der Waals surface area contributed by atoms with Gasteiger partial charge in [0, 0.05) is 35.5 Å². The van der Waals surface area contributed by atoms with Gasteiger partial charge in [-0.15, -0.1) is 0 Å². The van der Waals surface area contributed by atoms with Crippen LogP contribution in [0.4, 0.5) is 28.4 Å². The molecular weight excluding hydrogens is 412 g/mol. The van der Waals surface area contributed by atoms with Gasteiger partial charge in [-0.05, 0) is 78.7 Å². The van der Waals surface area contributed by atoms with Crippen LogP contribution in [-0.2, 0) is 0 Å². The average Bonchev–Trinajstić information content (AvgIpc) is 2.91. The van der Waals surface area contributed by atoms with Crippen LogP contribution in [0, 0.1) is 6.92 Å². The summed E-state index contributed by atoms with van der Waals surface area (Å²) in [5.41, 5.74) is 9.38. The highest BCUT2D eigenvalue weighted by molar-refractivity contribution is 5.81. The number of rotatable bonds is 6. The summed E-state index contributed by atoms with van der Waals surface area (Å²) < 4.78 is 0. The molecule has 0 amide bonds. The summed E-state index contributed by atoms with van der Waals surface area (Å²) in [7, 11) is 2.11. The maximum atomic E-state index is 2.31. The van der Waals surface area contributed by atoms with Crippen LogP contribution in [0.25, 0.3) is 11.1 Å². The maximum absolute atomic E-state index is 2.31. The molecule has 2 nitrogen and oxygen atoms in total. The Kier molecular flexibility index (Phi) is 6.13. The molecule has 0 aliphatic rings. The monoisotopic (exact) mass is 440 g/mol. The minimum atomic E-state index is 1.13. The molecule has 0 fully saturated rings. The van der Waals surface area contributed by atoms with Crippen molar-refractivity contribution in [2.24, 2.45) is 0 Å². The fourth-order valence-corrected chi connectivity index (χ4v) is 4.24. The molecule has 0 unspecified atom stereocenters. The van der Waals surface area contributed by atoms with E-state index in [0.717, 1.165) is 22.7 Å². The minimum absolute atomic E-state index is 1.13. The van der Waals surface area contributed by atoms with Crippen LogP contribution < -0.4 is 9.80 Å². The Morgan fingerprint density at radius 3 is 1.50 bits per heavy atom. The Morgan fingerprint density at radius 2 is 0.882 bits per heavy atom. The molecule has 5 aromatic carbocycles. The van der Waals surface area contributed by atoms with Gasteiger partial charge in [-0.3, -0.25) is 0 Å². The van der Waals surface area contributed by atoms with Crippen LogP contribution in [-0.4, -0.2) is 7.05 Å². The van der Waals surface area contributed by atoms with Gasteiger partial charge >= 0.3 is 0 Å². The van der Waals surface area contributed by atoms with E-state index < -0.39 is 0 Å². The predicted molar refractivity (Wildman–Crippen MR) is 146 cm³/mol. The Labute approximate surface area is 202 Å². The van der Waals surface area contributed by atoms with Gasteiger partial charge in [-0.1, -0.05) is 78.4 Å². The lowest BCUT2D eigenvalue weighted by atomic mass is 10.0. The van der Waals surface area contributed by atoms with Crippen molar-refractivity contribution < 1.29 is 0 Å². The molecule has 0 saturated heterocycles. The summed E-state index contributed by atoms with van der Waals surface area (Å²) >= 11 is 0. The highest BCUT2D eigenvalue weighted by Gasteiger charge is 2.13. The number of anilines is 5. The van der Waals surface area contributed by atoms with Crippen LogP contribution in [0.3, 0.4) is 0 Å². The zero-order valence-electron chi connectivity index (χ0n) is 19.6. The molecule has 0 N–H and O–H groups in total. The second kappa shape index (κ2) is 9.68. The Morgan fingerprint density at radius 1 is 0.412 bits per heavy atom. The van der Waals surface area contributed by atoms with E-state index in [1.165, 1.54) is 22.4 Å². The third-order valence-electron chi connectivity index (χ3n) is 6.12. The normalized spacial score (nSPS) is 10.6. The highest BCUT2D eigenvalue weighted by Crippen LogP contribution is 2.37. The zero-order chi connectivity index (χ0) is 23.3. The van der Waals surface area contributed by atoms with Crippen molar-refractivity contribution in [3.8, 4) is 11.1 Å². The summed E-state index contributed by atoms with van der Waals surface area (Å²) in [6.45, 7) is 2.12. The largest absolute Gasteiger partial charge is 0.345 e. The molecule has 166 valence electrons. The molecule has 0 aliphatic carbocycles. The first kappa shape index (κ1) is 21.5. The number of hydrogen-bond donors (Lipinski definition) is 0. The predicted octanol–water partition coefficient (Wildman–Crippen LogP) is 8.90. The van der Waals surface area contributed by atoms with E-state index in [0.29, 0.717) is 0 Å². The summed E-state index contributed by atoms with van der Waals surface area (Å²) in [5.74, 6) is 0. The molecule has 0 spiro atoms. The van der Waals surface area contributed by atoms with Gasteiger partial charge in [0.25, 0.3) is 0 Å². The van der Waals surface area contributed by atoms with E-state index in [1.54, 1.807) is 0 Å². The molecule has 0 radical (unpaired) electrons. The van der Waals surface area contributed by atoms with Gasteiger partial charge in [0.05, 0.1) is 0 Å². The average molecular weight is 441 g/mol. The second-order valence-electron chi connectivity index (χ2n) is 8.50. The molecule has 0 aromatic heterocycles. The number of hydrogen-bond acceptors (Lipinski definition) is 2.